The maximum atomic E-state index is 12.4. The van der Waals surface area contributed by atoms with Gasteiger partial charge in [0.2, 0.25) is 0 Å². The third-order valence-corrected chi connectivity index (χ3v) is 2.54. The van der Waals surface area contributed by atoms with Crippen molar-refractivity contribution in [2.24, 2.45) is 5.73 Å². The number of carbonyl (C=O) groups excluding carboxylic acids is 1. The van der Waals surface area contributed by atoms with Gasteiger partial charge in [-0.15, -0.1) is 0 Å². The molecule has 0 amide bonds. The van der Waals surface area contributed by atoms with Crippen LogP contribution in [-0.2, 0) is 6.54 Å². The molecule has 3 nitrogen and oxygen atoms in total. The molecule has 0 saturated carbocycles. The molecule has 0 aliphatic heterocycles. The lowest BCUT2D eigenvalue weighted by Gasteiger charge is -2.07. The molecule has 1 heterocycles. The molecule has 76 valence electrons. The van der Waals surface area contributed by atoms with Crippen molar-refractivity contribution in [3.63, 3.8) is 0 Å². The standard InChI is InChI=1S/C8H7BrF2N2O/c9-6-4(2-12)1-5(3-14)13-7(6)8(10)11/h1,3,8H,2,12H2. The predicted octanol–water partition coefficient (Wildman–Crippen LogP) is 2.05. The normalized spacial score (nSPS) is 10.6. The Kier molecular flexibility index (Phi) is 3.65. The molecule has 0 atom stereocenters. The number of alkyl halides is 2. The molecular weight excluding hydrogens is 258 g/mol. The van der Waals surface area contributed by atoms with Crippen molar-refractivity contribution in [3.05, 3.63) is 27.5 Å². The van der Waals surface area contributed by atoms with Crippen LogP contribution < -0.4 is 5.73 Å². The fourth-order valence-electron chi connectivity index (χ4n) is 0.980. The van der Waals surface area contributed by atoms with Gasteiger partial charge in [-0.1, -0.05) is 0 Å². The quantitative estimate of drug-likeness (QED) is 0.851. The second kappa shape index (κ2) is 4.56. The maximum Gasteiger partial charge on any atom is 0.281 e. The van der Waals surface area contributed by atoms with Crippen LogP contribution in [0.3, 0.4) is 0 Å². The largest absolute Gasteiger partial charge is 0.326 e. The molecular formula is C8H7BrF2N2O. The van der Waals surface area contributed by atoms with Crippen LogP contribution >= 0.6 is 15.9 Å². The minimum absolute atomic E-state index is 0.0380. The van der Waals surface area contributed by atoms with E-state index in [1.807, 2.05) is 0 Å². The van der Waals surface area contributed by atoms with Crippen LogP contribution in [0.5, 0.6) is 0 Å². The molecule has 1 aromatic rings. The van der Waals surface area contributed by atoms with Crippen molar-refractivity contribution in [1.82, 2.24) is 4.98 Å². The summed E-state index contributed by atoms with van der Waals surface area (Å²) in [6, 6.07) is 1.38. The van der Waals surface area contributed by atoms with E-state index in [4.69, 9.17) is 5.73 Å². The summed E-state index contributed by atoms with van der Waals surface area (Å²) in [7, 11) is 0. The van der Waals surface area contributed by atoms with Crippen molar-refractivity contribution in [1.29, 1.82) is 0 Å². The van der Waals surface area contributed by atoms with Crippen LogP contribution in [0, 0.1) is 0 Å². The van der Waals surface area contributed by atoms with Gasteiger partial charge in [0.1, 0.15) is 11.4 Å². The van der Waals surface area contributed by atoms with Crippen molar-refractivity contribution in [3.8, 4) is 0 Å². The molecule has 0 aromatic carbocycles. The van der Waals surface area contributed by atoms with Crippen molar-refractivity contribution in [2.75, 3.05) is 0 Å². The Labute approximate surface area is 87.4 Å². The summed E-state index contributed by atoms with van der Waals surface area (Å²) in [5, 5.41) is 0. The fraction of sp³-hybridized carbons (Fsp3) is 0.250. The lowest BCUT2D eigenvalue weighted by molar-refractivity contribution is 0.111. The first kappa shape index (κ1) is 11.2. The number of rotatable bonds is 3. The number of nitrogens with zero attached hydrogens (tertiary/aromatic N) is 1. The van der Waals surface area contributed by atoms with Crippen LogP contribution in [0.1, 0.15) is 28.2 Å². The molecule has 6 heteroatoms. The molecule has 1 aromatic heterocycles. The average molecular weight is 265 g/mol. The number of nitrogens with two attached hydrogens (primary N) is 1. The van der Waals surface area contributed by atoms with E-state index in [-0.39, 0.29) is 16.7 Å². The van der Waals surface area contributed by atoms with Crippen LogP contribution in [0.2, 0.25) is 0 Å². The Balaban J connectivity index is 3.34. The number of hydrogen-bond acceptors (Lipinski definition) is 3. The van der Waals surface area contributed by atoms with Gasteiger partial charge in [0.25, 0.3) is 6.43 Å². The summed E-state index contributed by atoms with van der Waals surface area (Å²) in [5.74, 6) is 0. The summed E-state index contributed by atoms with van der Waals surface area (Å²) >= 11 is 2.97. The molecule has 0 radical (unpaired) electrons. The number of hydrogen-bond donors (Lipinski definition) is 1. The van der Waals surface area contributed by atoms with Gasteiger partial charge in [-0.25, -0.2) is 13.8 Å². The van der Waals surface area contributed by atoms with E-state index in [2.05, 4.69) is 20.9 Å². The van der Waals surface area contributed by atoms with Crippen LogP contribution in [0.4, 0.5) is 8.78 Å². The smallest absolute Gasteiger partial charge is 0.281 e. The third-order valence-electron chi connectivity index (χ3n) is 1.63. The number of aldehydes is 1. The Morgan fingerprint density at radius 2 is 2.29 bits per heavy atom. The summed E-state index contributed by atoms with van der Waals surface area (Å²) in [5.41, 5.74) is 5.28. The molecule has 14 heavy (non-hydrogen) atoms. The van der Waals surface area contributed by atoms with E-state index in [9.17, 15) is 13.6 Å². The van der Waals surface area contributed by atoms with Gasteiger partial charge in [0.05, 0.1) is 0 Å². The second-order valence-corrected chi connectivity index (χ2v) is 3.32. The van der Waals surface area contributed by atoms with E-state index < -0.39 is 12.1 Å². The summed E-state index contributed by atoms with van der Waals surface area (Å²) in [6.07, 6.45) is -2.31. The van der Waals surface area contributed by atoms with Crippen LogP contribution in [0.15, 0.2) is 10.5 Å². The zero-order valence-corrected chi connectivity index (χ0v) is 8.59. The first-order valence-electron chi connectivity index (χ1n) is 3.72. The van der Waals surface area contributed by atoms with Crippen molar-refractivity contribution in [2.45, 2.75) is 13.0 Å². The zero-order chi connectivity index (χ0) is 10.7. The first-order chi connectivity index (χ1) is 6.60. The van der Waals surface area contributed by atoms with Crippen molar-refractivity contribution >= 4 is 22.2 Å². The minimum atomic E-state index is -2.73. The van der Waals surface area contributed by atoms with E-state index >= 15 is 0 Å². The molecule has 0 aliphatic carbocycles. The Morgan fingerprint density at radius 1 is 1.64 bits per heavy atom. The molecule has 0 saturated heterocycles. The monoisotopic (exact) mass is 264 g/mol. The highest BCUT2D eigenvalue weighted by molar-refractivity contribution is 9.10. The molecule has 0 fully saturated rings. The van der Waals surface area contributed by atoms with E-state index in [0.717, 1.165) is 0 Å². The topological polar surface area (TPSA) is 56.0 Å². The highest BCUT2D eigenvalue weighted by Gasteiger charge is 2.17. The molecule has 0 bridgehead atoms. The molecule has 0 unspecified atom stereocenters. The summed E-state index contributed by atoms with van der Waals surface area (Å²) in [4.78, 5) is 13.9. The summed E-state index contributed by atoms with van der Waals surface area (Å²) in [6.45, 7) is 0.0731. The van der Waals surface area contributed by atoms with Crippen LogP contribution in [-0.4, -0.2) is 11.3 Å². The lowest BCUT2D eigenvalue weighted by atomic mass is 10.2. The van der Waals surface area contributed by atoms with Gasteiger partial charge >= 0.3 is 0 Å². The Bertz CT molecular complexity index is 357. The lowest BCUT2D eigenvalue weighted by Crippen LogP contribution is -2.05. The first-order valence-corrected chi connectivity index (χ1v) is 4.52. The molecule has 2 N–H and O–H groups in total. The molecule has 1 rings (SSSR count). The van der Waals surface area contributed by atoms with Gasteiger partial charge in [-0.05, 0) is 27.6 Å². The third kappa shape index (κ3) is 2.13. The average Bonchev–Trinajstić information content (AvgIpc) is 2.17. The zero-order valence-electron chi connectivity index (χ0n) is 7.01. The number of pyridine rings is 1. The van der Waals surface area contributed by atoms with E-state index in [0.29, 0.717) is 11.8 Å². The number of carbonyl (C=O) groups is 1. The van der Waals surface area contributed by atoms with Gasteiger partial charge in [0, 0.05) is 11.0 Å². The minimum Gasteiger partial charge on any atom is -0.326 e. The van der Waals surface area contributed by atoms with Gasteiger partial charge in [-0.3, -0.25) is 4.79 Å². The molecule has 0 spiro atoms. The predicted molar refractivity (Wildman–Crippen MR) is 50.2 cm³/mol. The van der Waals surface area contributed by atoms with Gasteiger partial charge in [-0.2, -0.15) is 0 Å². The van der Waals surface area contributed by atoms with Gasteiger partial charge < -0.3 is 5.73 Å². The van der Waals surface area contributed by atoms with Crippen molar-refractivity contribution < 1.29 is 13.6 Å². The fourth-order valence-corrected chi connectivity index (χ4v) is 1.52. The second-order valence-electron chi connectivity index (χ2n) is 2.53. The summed E-state index contributed by atoms with van der Waals surface area (Å²) < 4.78 is 25.0. The van der Waals surface area contributed by atoms with E-state index in [1.165, 1.54) is 6.07 Å². The van der Waals surface area contributed by atoms with E-state index in [1.54, 1.807) is 0 Å². The number of aromatic nitrogens is 1. The highest BCUT2D eigenvalue weighted by atomic mass is 79.9. The Hall–Kier alpha value is -0.880. The maximum absolute atomic E-state index is 12.4. The van der Waals surface area contributed by atoms with Crippen LogP contribution in [0.25, 0.3) is 0 Å². The Morgan fingerprint density at radius 3 is 2.71 bits per heavy atom. The number of halogens is 3. The van der Waals surface area contributed by atoms with Gasteiger partial charge in [0.15, 0.2) is 6.29 Å². The SMILES string of the molecule is NCc1cc(C=O)nc(C(F)F)c1Br. The molecule has 0 aliphatic rings. The highest BCUT2D eigenvalue weighted by Crippen LogP contribution is 2.28.